The third-order valence-corrected chi connectivity index (χ3v) is 3.46. The summed E-state index contributed by atoms with van der Waals surface area (Å²) in [5.74, 6) is 0.791. The fourth-order valence-electron chi connectivity index (χ4n) is 1.91. The van der Waals surface area contributed by atoms with Crippen LogP contribution in [0.25, 0.3) is 5.69 Å². The van der Waals surface area contributed by atoms with Crippen molar-refractivity contribution in [2.75, 3.05) is 6.54 Å². The maximum atomic E-state index is 6.15. The van der Waals surface area contributed by atoms with Crippen molar-refractivity contribution < 1.29 is 0 Å². The smallest absolute Gasteiger partial charge is 0.173 e. The Kier molecular flexibility index (Phi) is 4.50. The van der Waals surface area contributed by atoms with Gasteiger partial charge in [0, 0.05) is 5.02 Å². The first-order valence-electron chi connectivity index (χ1n) is 6.42. The molecular weight excluding hydrogens is 262 g/mol. The van der Waals surface area contributed by atoms with E-state index in [2.05, 4.69) is 34.7 Å². The number of tetrazole rings is 1. The normalized spacial score (nSPS) is 12.6. The van der Waals surface area contributed by atoms with E-state index in [9.17, 15) is 0 Å². The molecule has 0 amide bonds. The minimum atomic E-state index is 0.0910. The van der Waals surface area contributed by atoms with E-state index in [0.717, 1.165) is 30.0 Å². The van der Waals surface area contributed by atoms with Gasteiger partial charge < -0.3 is 5.32 Å². The Balaban J connectivity index is 2.36. The molecule has 0 fully saturated rings. The molecule has 0 aliphatic heterocycles. The van der Waals surface area contributed by atoms with Gasteiger partial charge in [-0.3, -0.25) is 0 Å². The molecule has 0 aliphatic carbocycles. The molecule has 5 nitrogen and oxygen atoms in total. The molecule has 1 heterocycles. The molecule has 1 aromatic heterocycles. The molecule has 0 aliphatic rings. The molecule has 0 radical (unpaired) electrons. The standard InChI is InChI=1S/C13H18ClN5/c1-4-8-15-10(3)13-16-17-18-19(13)12-7-5-6-11(14)9(12)2/h5-7,10,15H,4,8H2,1-3H3. The Hall–Kier alpha value is -1.46. The van der Waals surface area contributed by atoms with Gasteiger partial charge in [-0.25, -0.2) is 0 Å². The molecule has 1 unspecified atom stereocenters. The lowest BCUT2D eigenvalue weighted by atomic mass is 10.2. The molecule has 0 saturated heterocycles. The summed E-state index contributed by atoms with van der Waals surface area (Å²) in [7, 11) is 0. The van der Waals surface area contributed by atoms with Crippen molar-refractivity contribution in [3.63, 3.8) is 0 Å². The van der Waals surface area contributed by atoms with Crippen molar-refractivity contribution in [1.82, 2.24) is 25.5 Å². The fraction of sp³-hybridized carbons (Fsp3) is 0.462. The molecule has 0 bridgehead atoms. The lowest BCUT2D eigenvalue weighted by Crippen LogP contribution is -2.23. The lowest BCUT2D eigenvalue weighted by Gasteiger charge is -2.14. The SMILES string of the molecule is CCCNC(C)c1nnnn1-c1cccc(Cl)c1C. The second-order valence-corrected chi connectivity index (χ2v) is 4.92. The molecule has 6 heteroatoms. The first-order chi connectivity index (χ1) is 9.15. The van der Waals surface area contributed by atoms with E-state index in [0.29, 0.717) is 5.02 Å². The van der Waals surface area contributed by atoms with Gasteiger partial charge in [0.25, 0.3) is 0 Å². The highest BCUT2D eigenvalue weighted by Gasteiger charge is 2.16. The fourth-order valence-corrected chi connectivity index (χ4v) is 2.08. The highest BCUT2D eigenvalue weighted by molar-refractivity contribution is 6.31. The molecule has 2 aromatic rings. The van der Waals surface area contributed by atoms with Crippen LogP contribution in [0.2, 0.25) is 5.02 Å². The largest absolute Gasteiger partial charge is 0.307 e. The number of rotatable bonds is 5. The van der Waals surface area contributed by atoms with E-state index in [1.807, 2.05) is 25.1 Å². The molecule has 1 N–H and O–H groups in total. The zero-order valence-corrected chi connectivity index (χ0v) is 12.1. The van der Waals surface area contributed by atoms with Crippen LogP contribution < -0.4 is 5.32 Å². The third-order valence-electron chi connectivity index (χ3n) is 3.05. The van der Waals surface area contributed by atoms with Crippen LogP contribution in [-0.4, -0.2) is 26.8 Å². The summed E-state index contributed by atoms with van der Waals surface area (Å²) in [6.45, 7) is 7.08. The number of halogens is 1. The van der Waals surface area contributed by atoms with Crippen LogP contribution in [0.4, 0.5) is 0 Å². The summed E-state index contributed by atoms with van der Waals surface area (Å²) >= 11 is 6.15. The number of hydrogen-bond acceptors (Lipinski definition) is 4. The van der Waals surface area contributed by atoms with Crippen LogP contribution in [0, 0.1) is 6.92 Å². The Morgan fingerprint density at radius 1 is 1.42 bits per heavy atom. The lowest BCUT2D eigenvalue weighted by molar-refractivity contribution is 0.531. The quantitative estimate of drug-likeness (QED) is 0.914. The van der Waals surface area contributed by atoms with Gasteiger partial charge in [-0.1, -0.05) is 24.6 Å². The monoisotopic (exact) mass is 279 g/mol. The van der Waals surface area contributed by atoms with Crippen LogP contribution in [-0.2, 0) is 0 Å². The van der Waals surface area contributed by atoms with Crippen molar-refractivity contribution in [1.29, 1.82) is 0 Å². The highest BCUT2D eigenvalue weighted by atomic mass is 35.5. The zero-order chi connectivity index (χ0) is 13.8. The Morgan fingerprint density at radius 3 is 2.95 bits per heavy atom. The van der Waals surface area contributed by atoms with Crippen LogP contribution in [0.15, 0.2) is 18.2 Å². The molecule has 102 valence electrons. The first-order valence-corrected chi connectivity index (χ1v) is 6.80. The third kappa shape index (κ3) is 2.93. The average molecular weight is 280 g/mol. The van der Waals surface area contributed by atoms with Gasteiger partial charge in [-0.2, -0.15) is 4.68 Å². The van der Waals surface area contributed by atoms with E-state index in [-0.39, 0.29) is 6.04 Å². The van der Waals surface area contributed by atoms with Crippen molar-refractivity contribution >= 4 is 11.6 Å². The Morgan fingerprint density at radius 2 is 2.21 bits per heavy atom. The van der Waals surface area contributed by atoms with Crippen molar-refractivity contribution in [2.24, 2.45) is 0 Å². The maximum Gasteiger partial charge on any atom is 0.173 e. The van der Waals surface area contributed by atoms with E-state index in [4.69, 9.17) is 11.6 Å². The maximum absolute atomic E-state index is 6.15. The first kappa shape index (κ1) is 14.0. The molecule has 1 atom stereocenters. The molecule has 1 aromatic carbocycles. The topological polar surface area (TPSA) is 55.6 Å². The predicted molar refractivity (Wildman–Crippen MR) is 75.6 cm³/mol. The van der Waals surface area contributed by atoms with E-state index in [1.165, 1.54) is 0 Å². The van der Waals surface area contributed by atoms with Crippen LogP contribution in [0.1, 0.15) is 37.7 Å². The Bertz CT molecular complexity index is 552. The minimum absolute atomic E-state index is 0.0910. The minimum Gasteiger partial charge on any atom is -0.307 e. The molecular formula is C13H18ClN5. The summed E-state index contributed by atoms with van der Waals surface area (Å²) in [5.41, 5.74) is 1.89. The molecule has 0 spiro atoms. The summed E-state index contributed by atoms with van der Waals surface area (Å²) in [4.78, 5) is 0. The number of aromatic nitrogens is 4. The second kappa shape index (κ2) is 6.12. The van der Waals surface area contributed by atoms with Crippen LogP contribution in [0.5, 0.6) is 0 Å². The molecule has 0 saturated carbocycles. The van der Waals surface area contributed by atoms with Crippen molar-refractivity contribution in [3.8, 4) is 5.69 Å². The number of benzene rings is 1. The van der Waals surface area contributed by atoms with Crippen LogP contribution in [0.3, 0.4) is 0 Å². The van der Waals surface area contributed by atoms with Crippen LogP contribution >= 0.6 is 11.6 Å². The van der Waals surface area contributed by atoms with Gasteiger partial charge in [0.1, 0.15) is 0 Å². The molecule has 19 heavy (non-hydrogen) atoms. The summed E-state index contributed by atoms with van der Waals surface area (Å²) in [6, 6.07) is 5.82. The van der Waals surface area contributed by atoms with Gasteiger partial charge in [0.15, 0.2) is 5.82 Å². The second-order valence-electron chi connectivity index (χ2n) is 4.51. The van der Waals surface area contributed by atoms with Gasteiger partial charge in [-0.05, 0) is 54.9 Å². The van der Waals surface area contributed by atoms with Gasteiger partial charge in [0.05, 0.1) is 11.7 Å². The van der Waals surface area contributed by atoms with E-state index < -0.39 is 0 Å². The highest BCUT2D eigenvalue weighted by Crippen LogP contribution is 2.23. The van der Waals surface area contributed by atoms with Crippen molar-refractivity contribution in [2.45, 2.75) is 33.2 Å². The predicted octanol–water partition coefficient (Wildman–Crippen LogP) is 2.68. The number of nitrogens with zero attached hydrogens (tertiary/aromatic N) is 4. The summed E-state index contributed by atoms with van der Waals surface area (Å²) in [5, 5.41) is 16.1. The molecule has 2 rings (SSSR count). The van der Waals surface area contributed by atoms with Gasteiger partial charge in [-0.15, -0.1) is 5.10 Å². The zero-order valence-electron chi connectivity index (χ0n) is 11.4. The Labute approximate surface area is 118 Å². The van der Waals surface area contributed by atoms with E-state index in [1.54, 1.807) is 4.68 Å². The van der Waals surface area contributed by atoms with E-state index >= 15 is 0 Å². The van der Waals surface area contributed by atoms with Gasteiger partial charge in [0.2, 0.25) is 0 Å². The summed E-state index contributed by atoms with van der Waals surface area (Å²) in [6.07, 6.45) is 1.07. The number of nitrogens with one attached hydrogen (secondary N) is 1. The van der Waals surface area contributed by atoms with Gasteiger partial charge >= 0.3 is 0 Å². The summed E-state index contributed by atoms with van der Waals surface area (Å²) < 4.78 is 1.74. The number of hydrogen-bond donors (Lipinski definition) is 1. The average Bonchev–Trinajstić information content (AvgIpc) is 2.88. The van der Waals surface area contributed by atoms with Crippen molar-refractivity contribution in [3.05, 3.63) is 34.6 Å².